The minimum atomic E-state index is 0.405. The summed E-state index contributed by atoms with van der Waals surface area (Å²) in [5.74, 6) is 0. The van der Waals surface area contributed by atoms with Gasteiger partial charge in [0.1, 0.15) is 0 Å². The monoisotopic (exact) mass is 165 g/mol. The Morgan fingerprint density at radius 3 is 2.25 bits per heavy atom. The van der Waals surface area contributed by atoms with Crippen LogP contribution in [0.4, 0.5) is 5.69 Å². The molecular formula is C7H7N3O2. The molecule has 62 valence electrons. The van der Waals surface area contributed by atoms with Gasteiger partial charge in [-0.25, -0.2) is 0 Å². The van der Waals surface area contributed by atoms with Crippen LogP contribution in [0, 0.1) is 16.7 Å². The van der Waals surface area contributed by atoms with E-state index in [2.05, 4.69) is 10.6 Å². The number of nitrogens with zero attached hydrogens (tertiary/aromatic N) is 3. The van der Waals surface area contributed by atoms with E-state index in [-0.39, 0.29) is 0 Å². The number of hydrogen-bond acceptors (Lipinski definition) is 4. The zero-order valence-corrected chi connectivity index (χ0v) is 6.47. The van der Waals surface area contributed by atoms with Crippen LogP contribution in [0.1, 0.15) is 5.56 Å². The van der Waals surface area contributed by atoms with Crippen molar-refractivity contribution in [3.05, 3.63) is 39.6 Å². The van der Waals surface area contributed by atoms with Crippen molar-refractivity contribution >= 4 is 5.69 Å². The summed E-state index contributed by atoms with van der Waals surface area (Å²) in [6.45, 7) is 1.76. The number of rotatable bonds is 3. The van der Waals surface area contributed by atoms with Crippen LogP contribution in [0.5, 0.6) is 0 Å². The molecule has 0 heterocycles. The average molecular weight is 165 g/mol. The molecule has 0 aromatic heterocycles. The van der Waals surface area contributed by atoms with E-state index in [1.54, 1.807) is 31.2 Å². The Labute approximate surface area is 68.9 Å². The zero-order chi connectivity index (χ0) is 8.97. The van der Waals surface area contributed by atoms with Gasteiger partial charge in [0, 0.05) is 0 Å². The number of benzene rings is 1. The molecule has 0 aliphatic rings. The summed E-state index contributed by atoms with van der Waals surface area (Å²) in [6, 6.07) is 6.86. The lowest BCUT2D eigenvalue weighted by atomic mass is 10.2. The highest BCUT2D eigenvalue weighted by Gasteiger charge is 2.07. The first-order valence-electron chi connectivity index (χ1n) is 3.32. The van der Waals surface area contributed by atoms with Gasteiger partial charge in [0.25, 0.3) is 0 Å². The van der Waals surface area contributed by atoms with Crippen molar-refractivity contribution in [1.82, 2.24) is 0 Å². The average Bonchev–Trinajstić information content (AvgIpc) is 2.10. The van der Waals surface area contributed by atoms with Crippen molar-refractivity contribution in [1.29, 1.82) is 0 Å². The molecule has 1 aromatic carbocycles. The van der Waals surface area contributed by atoms with Crippen molar-refractivity contribution in [2.24, 2.45) is 10.6 Å². The standard InChI is InChI=1S/C7H7N3O2/c1-6-4-2-3-5-7(6)10(8-11)9-12/h2-5H,1H3. The molecule has 0 bridgehead atoms. The van der Waals surface area contributed by atoms with Crippen LogP contribution in [0.15, 0.2) is 34.8 Å². The van der Waals surface area contributed by atoms with E-state index >= 15 is 0 Å². The van der Waals surface area contributed by atoms with Gasteiger partial charge in [-0.15, -0.1) is 9.81 Å². The topological polar surface area (TPSA) is 62.1 Å². The third kappa shape index (κ3) is 1.45. The van der Waals surface area contributed by atoms with Crippen LogP contribution in [-0.4, -0.2) is 0 Å². The third-order valence-electron chi connectivity index (χ3n) is 1.49. The molecule has 0 N–H and O–H groups in total. The summed E-state index contributed by atoms with van der Waals surface area (Å²) in [5.41, 5.74) is 1.18. The van der Waals surface area contributed by atoms with E-state index in [4.69, 9.17) is 0 Å². The molecule has 0 atom stereocenters. The molecule has 12 heavy (non-hydrogen) atoms. The fourth-order valence-electron chi connectivity index (χ4n) is 0.891. The lowest BCUT2D eigenvalue weighted by Gasteiger charge is -2.06. The van der Waals surface area contributed by atoms with Crippen LogP contribution in [0.2, 0.25) is 0 Å². The van der Waals surface area contributed by atoms with E-state index < -0.39 is 0 Å². The first kappa shape index (κ1) is 8.32. The van der Waals surface area contributed by atoms with Crippen molar-refractivity contribution in [2.45, 2.75) is 6.92 Å². The molecule has 5 heteroatoms. The van der Waals surface area contributed by atoms with Crippen molar-refractivity contribution in [3.8, 4) is 0 Å². The van der Waals surface area contributed by atoms with E-state index in [1.165, 1.54) is 0 Å². The molecule has 0 fully saturated rings. The summed E-state index contributed by atoms with van der Waals surface area (Å²) in [4.78, 5) is 20.1. The van der Waals surface area contributed by atoms with Crippen LogP contribution in [0.25, 0.3) is 0 Å². The predicted molar refractivity (Wildman–Crippen MR) is 45.2 cm³/mol. The van der Waals surface area contributed by atoms with Gasteiger partial charge in [0.05, 0.1) is 16.3 Å². The summed E-state index contributed by atoms with van der Waals surface area (Å²) >= 11 is 0. The van der Waals surface area contributed by atoms with E-state index in [0.29, 0.717) is 10.8 Å². The summed E-state index contributed by atoms with van der Waals surface area (Å²) in [5, 5.41) is 5.39. The fraction of sp³-hybridized carbons (Fsp3) is 0.143. The van der Waals surface area contributed by atoms with Crippen LogP contribution < -0.4 is 5.12 Å². The zero-order valence-electron chi connectivity index (χ0n) is 6.47. The van der Waals surface area contributed by atoms with Crippen LogP contribution in [0.3, 0.4) is 0 Å². The van der Waals surface area contributed by atoms with Gasteiger partial charge >= 0.3 is 0 Å². The van der Waals surface area contributed by atoms with Gasteiger partial charge < -0.3 is 0 Å². The molecule has 5 nitrogen and oxygen atoms in total. The summed E-state index contributed by atoms with van der Waals surface area (Å²) < 4.78 is 0. The van der Waals surface area contributed by atoms with Crippen molar-refractivity contribution < 1.29 is 0 Å². The Bertz CT molecular complexity index is 292. The smallest absolute Gasteiger partial charge is 0.0952 e. The Balaban J connectivity index is 3.08. The molecule has 0 aliphatic heterocycles. The molecule has 0 saturated carbocycles. The van der Waals surface area contributed by atoms with Gasteiger partial charge in [-0.1, -0.05) is 23.3 Å². The highest BCUT2D eigenvalue weighted by atomic mass is 16.4. The molecule has 0 spiro atoms. The van der Waals surface area contributed by atoms with Crippen molar-refractivity contribution in [3.63, 3.8) is 0 Å². The second kappa shape index (κ2) is 3.56. The Morgan fingerprint density at radius 2 is 1.75 bits per heavy atom. The molecule has 0 radical (unpaired) electrons. The lowest BCUT2D eigenvalue weighted by Crippen LogP contribution is -2.05. The van der Waals surface area contributed by atoms with E-state index in [1.807, 2.05) is 0 Å². The second-order valence-corrected chi connectivity index (χ2v) is 2.24. The summed E-state index contributed by atoms with van der Waals surface area (Å²) in [7, 11) is 0. The second-order valence-electron chi connectivity index (χ2n) is 2.24. The maximum atomic E-state index is 10.1. The molecule has 0 aliphatic carbocycles. The molecule has 0 saturated heterocycles. The SMILES string of the molecule is Cc1ccccc1N(N=O)N=O. The number of anilines is 1. The van der Waals surface area contributed by atoms with Crippen molar-refractivity contribution in [2.75, 3.05) is 5.12 Å². The first-order chi connectivity index (χ1) is 5.79. The number of hydrogen-bond donors (Lipinski definition) is 0. The number of nitroso groups, excluding NO2 is 2. The Morgan fingerprint density at radius 1 is 1.17 bits per heavy atom. The van der Waals surface area contributed by atoms with Gasteiger partial charge in [0.2, 0.25) is 0 Å². The maximum absolute atomic E-state index is 10.1. The van der Waals surface area contributed by atoms with Gasteiger partial charge in [-0.2, -0.15) is 0 Å². The fourth-order valence-corrected chi connectivity index (χ4v) is 0.891. The first-order valence-corrected chi connectivity index (χ1v) is 3.32. The number of para-hydroxylation sites is 1. The quantitative estimate of drug-likeness (QED) is 0.509. The minimum Gasteiger partial charge on any atom is -0.123 e. The minimum absolute atomic E-state index is 0.405. The van der Waals surface area contributed by atoms with E-state index in [0.717, 1.165) is 5.56 Å². The largest absolute Gasteiger partial charge is 0.123 e. The molecule has 0 unspecified atom stereocenters. The highest BCUT2D eigenvalue weighted by molar-refractivity contribution is 5.51. The number of aryl methyl sites for hydroxylation is 1. The Kier molecular flexibility index (Phi) is 2.47. The van der Waals surface area contributed by atoms with Crippen LogP contribution >= 0.6 is 0 Å². The molecule has 1 rings (SSSR count). The lowest BCUT2D eigenvalue weighted by molar-refractivity contribution is 0.901. The van der Waals surface area contributed by atoms with Crippen LogP contribution in [-0.2, 0) is 0 Å². The summed E-state index contributed by atoms with van der Waals surface area (Å²) in [6.07, 6.45) is 0. The van der Waals surface area contributed by atoms with E-state index in [9.17, 15) is 9.81 Å². The molecule has 0 amide bonds. The Hall–Kier alpha value is -1.78. The molecular weight excluding hydrogens is 158 g/mol. The highest BCUT2D eigenvalue weighted by Crippen LogP contribution is 2.19. The van der Waals surface area contributed by atoms with Gasteiger partial charge in [-0.05, 0) is 18.6 Å². The predicted octanol–water partition coefficient (Wildman–Crippen LogP) is 2.16. The van der Waals surface area contributed by atoms with Gasteiger partial charge in [-0.3, -0.25) is 0 Å². The normalized spacial score (nSPS) is 9.08. The van der Waals surface area contributed by atoms with Gasteiger partial charge in [0.15, 0.2) is 0 Å². The third-order valence-corrected chi connectivity index (χ3v) is 1.49. The maximum Gasteiger partial charge on any atom is 0.0952 e. The molecule has 1 aromatic rings.